The van der Waals surface area contributed by atoms with E-state index in [0.717, 1.165) is 24.2 Å². The molecule has 0 bridgehead atoms. The molecule has 0 unspecified atom stereocenters. The van der Waals surface area contributed by atoms with Gasteiger partial charge in [0.25, 0.3) is 5.91 Å². The molecule has 3 rings (SSSR count). The molecule has 162 valence electrons. The first-order chi connectivity index (χ1) is 15.2. The molecule has 0 aliphatic rings. The fraction of sp³-hybridized carbons (Fsp3) is 0.280. The molecule has 3 aromatic rings. The van der Waals surface area contributed by atoms with Crippen LogP contribution in [0, 0.1) is 0 Å². The van der Waals surface area contributed by atoms with Crippen molar-refractivity contribution in [1.82, 2.24) is 4.98 Å². The van der Waals surface area contributed by atoms with Crippen LogP contribution in [0.15, 0.2) is 67.0 Å². The summed E-state index contributed by atoms with van der Waals surface area (Å²) in [7, 11) is 0. The van der Waals surface area contributed by atoms with Crippen LogP contribution in [0.2, 0.25) is 5.02 Å². The second-order valence-corrected chi connectivity index (χ2v) is 7.58. The van der Waals surface area contributed by atoms with E-state index in [2.05, 4.69) is 17.2 Å². The highest BCUT2D eigenvalue weighted by Gasteiger charge is 2.14. The molecule has 0 saturated heterocycles. The molecule has 0 aliphatic carbocycles. The Morgan fingerprint density at radius 2 is 1.87 bits per heavy atom. The maximum absolute atomic E-state index is 12.7. The van der Waals surface area contributed by atoms with Gasteiger partial charge in [-0.15, -0.1) is 0 Å². The Hall–Kier alpha value is -3.05. The van der Waals surface area contributed by atoms with Gasteiger partial charge in [0, 0.05) is 16.8 Å². The van der Waals surface area contributed by atoms with E-state index in [1.165, 1.54) is 12.8 Å². The number of pyridine rings is 1. The van der Waals surface area contributed by atoms with Crippen LogP contribution < -0.4 is 14.8 Å². The third-order valence-electron chi connectivity index (χ3n) is 4.71. The number of nitrogens with one attached hydrogen (secondary N) is 1. The van der Waals surface area contributed by atoms with Gasteiger partial charge in [0.15, 0.2) is 0 Å². The highest BCUT2D eigenvalue weighted by molar-refractivity contribution is 6.30. The number of amides is 1. The van der Waals surface area contributed by atoms with Crippen molar-refractivity contribution in [3.8, 4) is 11.5 Å². The molecule has 1 aromatic heterocycles. The number of unbranched alkanes of at least 4 members (excludes halogenated alkanes) is 3. The number of nitrogens with zero attached hydrogens (tertiary/aromatic N) is 1. The summed E-state index contributed by atoms with van der Waals surface area (Å²) in [6, 6.07) is 16.2. The van der Waals surface area contributed by atoms with Crippen molar-refractivity contribution in [3.05, 3.63) is 83.1 Å². The van der Waals surface area contributed by atoms with E-state index in [1.807, 2.05) is 24.3 Å². The molecule has 0 atom stereocenters. The summed E-state index contributed by atoms with van der Waals surface area (Å²) in [6.45, 7) is 3.07. The standard InChI is InChI=1S/C25H27ClN2O3/c1-2-3-4-7-15-30-23-13-12-20(26)16-19(23)18-31-24-11-6-5-10-22(24)25(29)28-21-9-8-14-27-17-21/h5-6,8-14,16-17H,2-4,7,15,18H2,1H3,(H,28,29). The monoisotopic (exact) mass is 438 g/mol. The number of benzene rings is 2. The van der Waals surface area contributed by atoms with Crippen LogP contribution in [0.1, 0.15) is 48.5 Å². The largest absolute Gasteiger partial charge is 0.493 e. The third-order valence-corrected chi connectivity index (χ3v) is 4.95. The summed E-state index contributed by atoms with van der Waals surface area (Å²) in [6.07, 6.45) is 7.80. The molecule has 1 amide bonds. The molecule has 2 aromatic carbocycles. The third kappa shape index (κ3) is 7.00. The Labute approximate surface area is 188 Å². The number of hydrogen-bond acceptors (Lipinski definition) is 4. The first-order valence-electron chi connectivity index (χ1n) is 10.5. The minimum absolute atomic E-state index is 0.238. The summed E-state index contributed by atoms with van der Waals surface area (Å²) in [4.78, 5) is 16.7. The Balaban J connectivity index is 1.67. The molecule has 0 fully saturated rings. The van der Waals surface area contributed by atoms with Gasteiger partial charge >= 0.3 is 0 Å². The van der Waals surface area contributed by atoms with Gasteiger partial charge in [0.05, 0.1) is 24.1 Å². The molecule has 6 heteroatoms. The quantitative estimate of drug-likeness (QED) is 0.346. The van der Waals surface area contributed by atoms with E-state index in [-0.39, 0.29) is 12.5 Å². The van der Waals surface area contributed by atoms with Crippen LogP contribution in [-0.2, 0) is 6.61 Å². The van der Waals surface area contributed by atoms with Gasteiger partial charge in [-0.1, -0.05) is 49.9 Å². The number of carbonyl (C=O) groups is 1. The van der Waals surface area contributed by atoms with E-state index in [1.54, 1.807) is 42.7 Å². The zero-order valence-electron chi connectivity index (χ0n) is 17.6. The lowest BCUT2D eigenvalue weighted by Crippen LogP contribution is -2.14. The first-order valence-corrected chi connectivity index (χ1v) is 10.9. The van der Waals surface area contributed by atoms with Crippen molar-refractivity contribution in [2.75, 3.05) is 11.9 Å². The summed E-state index contributed by atoms with van der Waals surface area (Å²) < 4.78 is 12.0. The lowest BCUT2D eigenvalue weighted by molar-refractivity contribution is 0.102. The fourth-order valence-electron chi connectivity index (χ4n) is 3.08. The zero-order chi connectivity index (χ0) is 21.9. The molecule has 1 heterocycles. The van der Waals surface area contributed by atoms with Crippen molar-refractivity contribution in [1.29, 1.82) is 0 Å². The smallest absolute Gasteiger partial charge is 0.259 e. The summed E-state index contributed by atoms with van der Waals surface area (Å²) in [5.74, 6) is 0.970. The van der Waals surface area contributed by atoms with Gasteiger partial charge in [0.2, 0.25) is 0 Å². The van der Waals surface area contributed by atoms with E-state index in [4.69, 9.17) is 21.1 Å². The van der Waals surface area contributed by atoms with Crippen molar-refractivity contribution < 1.29 is 14.3 Å². The minimum Gasteiger partial charge on any atom is -0.493 e. The SMILES string of the molecule is CCCCCCOc1ccc(Cl)cc1COc1ccccc1C(=O)Nc1cccnc1. The lowest BCUT2D eigenvalue weighted by Gasteiger charge is -2.15. The fourth-order valence-corrected chi connectivity index (χ4v) is 3.28. The second kappa shape index (κ2) is 12.0. The van der Waals surface area contributed by atoms with Crippen LogP contribution in [0.3, 0.4) is 0 Å². The van der Waals surface area contributed by atoms with Crippen LogP contribution in [0.25, 0.3) is 0 Å². The van der Waals surface area contributed by atoms with Crippen molar-refractivity contribution in [2.45, 2.75) is 39.2 Å². The zero-order valence-corrected chi connectivity index (χ0v) is 18.4. The molecule has 1 N–H and O–H groups in total. The van der Waals surface area contributed by atoms with E-state index in [9.17, 15) is 4.79 Å². The summed E-state index contributed by atoms with van der Waals surface area (Å²) in [5, 5.41) is 3.45. The highest BCUT2D eigenvalue weighted by atomic mass is 35.5. The molecule has 0 saturated carbocycles. The van der Waals surface area contributed by atoms with E-state index < -0.39 is 0 Å². The van der Waals surface area contributed by atoms with Crippen molar-refractivity contribution in [3.63, 3.8) is 0 Å². The Morgan fingerprint density at radius 1 is 1.00 bits per heavy atom. The van der Waals surface area contributed by atoms with Crippen LogP contribution in [0.4, 0.5) is 5.69 Å². The number of halogens is 1. The maximum atomic E-state index is 12.7. The summed E-state index contributed by atoms with van der Waals surface area (Å²) in [5.41, 5.74) is 1.90. The Bertz CT molecular complexity index is 980. The molecule has 31 heavy (non-hydrogen) atoms. The molecule has 5 nitrogen and oxygen atoms in total. The van der Waals surface area contributed by atoms with Crippen LogP contribution >= 0.6 is 11.6 Å². The average Bonchev–Trinajstić information content (AvgIpc) is 2.79. The Morgan fingerprint density at radius 3 is 2.68 bits per heavy atom. The number of para-hydroxylation sites is 1. The van der Waals surface area contributed by atoms with Gasteiger partial charge in [0.1, 0.15) is 18.1 Å². The molecular formula is C25H27ClN2O3. The lowest BCUT2D eigenvalue weighted by atomic mass is 10.1. The summed E-state index contributed by atoms with van der Waals surface area (Å²) >= 11 is 6.19. The number of ether oxygens (including phenoxy) is 2. The molecular weight excluding hydrogens is 412 g/mol. The maximum Gasteiger partial charge on any atom is 0.259 e. The van der Waals surface area contributed by atoms with Crippen molar-refractivity contribution >= 4 is 23.2 Å². The van der Waals surface area contributed by atoms with Gasteiger partial charge in [-0.3, -0.25) is 9.78 Å². The topological polar surface area (TPSA) is 60.5 Å². The predicted molar refractivity (Wildman–Crippen MR) is 124 cm³/mol. The van der Waals surface area contributed by atoms with E-state index in [0.29, 0.717) is 28.6 Å². The van der Waals surface area contributed by atoms with Crippen LogP contribution in [-0.4, -0.2) is 17.5 Å². The van der Waals surface area contributed by atoms with Gasteiger partial charge in [-0.2, -0.15) is 0 Å². The average molecular weight is 439 g/mol. The van der Waals surface area contributed by atoms with Gasteiger partial charge < -0.3 is 14.8 Å². The second-order valence-electron chi connectivity index (χ2n) is 7.14. The molecule has 0 spiro atoms. The molecule has 0 radical (unpaired) electrons. The number of aromatic nitrogens is 1. The number of anilines is 1. The Kier molecular flexibility index (Phi) is 8.73. The minimum atomic E-state index is -0.262. The van der Waals surface area contributed by atoms with Gasteiger partial charge in [-0.05, 0) is 48.9 Å². The van der Waals surface area contributed by atoms with Gasteiger partial charge in [-0.25, -0.2) is 0 Å². The van der Waals surface area contributed by atoms with Crippen LogP contribution in [0.5, 0.6) is 11.5 Å². The predicted octanol–water partition coefficient (Wildman–Crippen LogP) is 6.53. The number of rotatable bonds is 11. The highest BCUT2D eigenvalue weighted by Crippen LogP contribution is 2.27. The normalized spacial score (nSPS) is 10.5. The first kappa shape index (κ1) is 22.6. The van der Waals surface area contributed by atoms with Crippen molar-refractivity contribution in [2.24, 2.45) is 0 Å². The molecule has 0 aliphatic heterocycles. The number of carbonyl (C=O) groups excluding carboxylic acids is 1. The van der Waals surface area contributed by atoms with E-state index >= 15 is 0 Å². The number of hydrogen-bond donors (Lipinski definition) is 1.